The Kier molecular flexibility index (Phi) is 4.91. The molecular weight excluding hydrogens is 254 g/mol. The minimum absolute atomic E-state index is 0.116. The van der Waals surface area contributed by atoms with Gasteiger partial charge in [0.1, 0.15) is 17.1 Å². The van der Waals surface area contributed by atoms with E-state index in [1.807, 2.05) is 20.8 Å². The summed E-state index contributed by atoms with van der Waals surface area (Å²) in [5.74, 6) is -0.518. The van der Waals surface area contributed by atoms with Crippen LogP contribution in [0.2, 0.25) is 0 Å². The average molecular weight is 272 g/mol. The molecule has 0 fully saturated rings. The van der Waals surface area contributed by atoms with Gasteiger partial charge in [-0.2, -0.15) is 0 Å². The SMILES string of the molecule is CCOC(=O)c1cnc(CC(C)(C)C)nc1C(F)F. The van der Waals surface area contributed by atoms with Crippen molar-refractivity contribution in [2.75, 3.05) is 6.61 Å². The predicted molar refractivity (Wildman–Crippen MR) is 66.1 cm³/mol. The molecule has 1 rings (SSSR count). The summed E-state index contributed by atoms with van der Waals surface area (Å²) in [6.45, 7) is 7.59. The van der Waals surface area contributed by atoms with Gasteiger partial charge in [-0.1, -0.05) is 20.8 Å². The third-order valence-electron chi connectivity index (χ3n) is 2.26. The standard InChI is InChI=1S/C13H18F2N2O2/c1-5-19-12(18)8-7-16-9(6-13(2,3)4)17-10(8)11(14)15/h7,11H,5-6H2,1-4H3. The summed E-state index contributed by atoms with van der Waals surface area (Å²) in [5, 5.41) is 0. The summed E-state index contributed by atoms with van der Waals surface area (Å²) in [6.07, 6.45) is -1.26. The highest BCUT2D eigenvalue weighted by Crippen LogP contribution is 2.24. The molecule has 0 amide bonds. The molecule has 0 aliphatic heterocycles. The van der Waals surface area contributed by atoms with E-state index in [4.69, 9.17) is 4.74 Å². The first-order valence-electron chi connectivity index (χ1n) is 6.05. The fraction of sp³-hybridized carbons (Fsp3) is 0.615. The number of ether oxygens (including phenoxy) is 1. The van der Waals surface area contributed by atoms with E-state index in [-0.39, 0.29) is 17.6 Å². The number of hydrogen-bond donors (Lipinski definition) is 0. The Morgan fingerprint density at radius 3 is 2.53 bits per heavy atom. The lowest BCUT2D eigenvalue weighted by molar-refractivity contribution is 0.0512. The maximum Gasteiger partial charge on any atom is 0.341 e. The van der Waals surface area contributed by atoms with Crippen molar-refractivity contribution < 1.29 is 18.3 Å². The number of rotatable bonds is 4. The number of hydrogen-bond acceptors (Lipinski definition) is 4. The number of halogens is 2. The summed E-state index contributed by atoms with van der Waals surface area (Å²) in [4.78, 5) is 19.3. The highest BCUT2D eigenvalue weighted by molar-refractivity contribution is 5.90. The molecule has 0 bridgehead atoms. The van der Waals surface area contributed by atoms with E-state index in [1.165, 1.54) is 0 Å². The fourth-order valence-electron chi connectivity index (χ4n) is 1.53. The van der Waals surface area contributed by atoms with Gasteiger partial charge in [-0.05, 0) is 12.3 Å². The minimum atomic E-state index is -2.83. The van der Waals surface area contributed by atoms with Crippen molar-refractivity contribution >= 4 is 5.97 Å². The van der Waals surface area contributed by atoms with E-state index in [1.54, 1.807) is 6.92 Å². The van der Waals surface area contributed by atoms with Gasteiger partial charge in [0, 0.05) is 12.6 Å². The molecule has 0 atom stereocenters. The quantitative estimate of drug-likeness (QED) is 0.790. The third-order valence-corrected chi connectivity index (χ3v) is 2.26. The second-order valence-electron chi connectivity index (χ2n) is 5.34. The van der Waals surface area contributed by atoms with Crippen LogP contribution in [-0.2, 0) is 11.2 Å². The molecular formula is C13H18F2N2O2. The van der Waals surface area contributed by atoms with Crippen molar-refractivity contribution in [3.05, 3.63) is 23.3 Å². The number of esters is 1. The van der Waals surface area contributed by atoms with E-state index >= 15 is 0 Å². The summed E-state index contributed by atoms with van der Waals surface area (Å²) in [7, 11) is 0. The van der Waals surface area contributed by atoms with E-state index in [0.717, 1.165) is 6.20 Å². The van der Waals surface area contributed by atoms with E-state index in [0.29, 0.717) is 12.2 Å². The average Bonchev–Trinajstić information content (AvgIpc) is 2.26. The molecule has 0 N–H and O–H groups in total. The molecule has 106 valence electrons. The molecule has 1 heterocycles. The number of carbonyl (C=O) groups is 1. The van der Waals surface area contributed by atoms with Crippen molar-refractivity contribution in [1.29, 1.82) is 0 Å². The first-order chi connectivity index (χ1) is 8.74. The lowest BCUT2D eigenvalue weighted by atomic mass is 9.92. The molecule has 6 heteroatoms. The second kappa shape index (κ2) is 6.04. The van der Waals surface area contributed by atoms with Crippen LogP contribution in [0.25, 0.3) is 0 Å². The van der Waals surface area contributed by atoms with Crippen LogP contribution in [0.3, 0.4) is 0 Å². The maximum absolute atomic E-state index is 12.9. The Balaban J connectivity index is 3.11. The summed E-state index contributed by atoms with van der Waals surface area (Å²) >= 11 is 0. The first kappa shape index (κ1) is 15.5. The molecule has 0 unspecified atom stereocenters. The Morgan fingerprint density at radius 2 is 2.05 bits per heavy atom. The minimum Gasteiger partial charge on any atom is -0.462 e. The molecule has 0 saturated carbocycles. The van der Waals surface area contributed by atoms with Gasteiger partial charge in [0.2, 0.25) is 0 Å². The number of carbonyl (C=O) groups excluding carboxylic acids is 1. The van der Waals surface area contributed by atoms with Crippen LogP contribution in [0, 0.1) is 5.41 Å². The van der Waals surface area contributed by atoms with Crippen LogP contribution < -0.4 is 0 Å². The predicted octanol–water partition coefficient (Wildman–Crippen LogP) is 3.18. The van der Waals surface area contributed by atoms with Crippen LogP contribution in [0.15, 0.2) is 6.20 Å². The van der Waals surface area contributed by atoms with Gasteiger partial charge in [-0.25, -0.2) is 23.5 Å². The zero-order valence-electron chi connectivity index (χ0n) is 11.5. The molecule has 1 aromatic rings. The summed E-state index contributed by atoms with van der Waals surface area (Å²) < 4.78 is 30.6. The lowest BCUT2D eigenvalue weighted by Crippen LogP contribution is -2.16. The summed E-state index contributed by atoms with van der Waals surface area (Å²) in [5.41, 5.74) is -0.951. The fourth-order valence-corrected chi connectivity index (χ4v) is 1.53. The molecule has 19 heavy (non-hydrogen) atoms. The Bertz CT molecular complexity index is 456. The smallest absolute Gasteiger partial charge is 0.341 e. The topological polar surface area (TPSA) is 52.1 Å². The normalized spacial score (nSPS) is 11.7. The highest BCUT2D eigenvalue weighted by Gasteiger charge is 2.23. The first-order valence-corrected chi connectivity index (χ1v) is 6.05. The molecule has 0 saturated heterocycles. The van der Waals surface area contributed by atoms with E-state index < -0.39 is 18.1 Å². The van der Waals surface area contributed by atoms with Gasteiger partial charge < -0.3 is 4.74 Å². The molecule has 4 nitrogen and oxygen atoms in total. The third kappa shape index (κ3) is 4.54. The van der Waals surface area contributed by atoms with Crippen LogP contribution in [0.4, 0.5) is 8.78 Å². The molecule has 0 aliphatic rings. The van der Waals surface area contributed by atoms with E-state index in [2.05, 4.69) is 9.97 Å². The number of alkyl halides is 2. The molecule has 0 aromatic carbocycles. The Morgan fingerprint density at radius 1 is 1.42 bits per heavy atom. The van der Waals surface area contributed by atoms with E-state index in [9.17, 15) is 13.6 Å². The number of nitrogens with zero attached hydrogens (tertiary/aromatic N) is 2. The van der Waals surface area contributed by atoms with Crippen LogP contribution in [-0.4, -0.2) is 22.5 Å². The zero-order valence-corrected chi connectivity index (χ0v) is 11.5. The van der Waals surface area contributed by atoms with Crippen molar-refractivity contribution in [3.8, 4) is 0 Å². The van der Waals surface area contributed by atoms with Gasteiger partial charge in [-0.15, -0.1) is 0 Å². The zero-order chi connectivity index (χ0) is 14.6. The van der Waals surface area contributed by atoms with Gasteiger partial charge in [0.25, 0.3) is 6.43 Å². The molecule has 0 spiro atoms. The van der Waals surface area contributed by atoms with Crippen molar-refractivity contribution in [2.45, 2.75) is 40.5 Å². The van der Waals surface area contributed by atoms with Gasteiger partial charge >= 0.3 is 5.97 Å². The van der Waals surface area contributed by atoms with Crippen molar-refractivity contribution in [3.63, 3.8) is 0 Å². The van der Waals surface area contributed by atoms with Crippen LogP contribution in [0.5, 0.6) is 0 Å². The summed E-state index contributed by atoms with van der Waals surface area (Å²) in [6, 6.07) is 0. The maximum atomic E-state index is 12.9. The highest BCUT2D eigenvalue weighted by atomic mass is 19.3. The molecule has 1 aromatic heterocycles. The second-order valence-corrected chi connectivity index (χ2v) is 5.34. The van der Waals surface area contributed by atoms with Gasteiger partial charge in [-0.3, -0.25) is 0 Å². The molecule has 0 radical (unpaired) electrons. The van der Waals surface area contributed by atoms with Crippen molar-refractivity contribution in [2.24, 2.45) is 5.41 Å². The van der Waals surface area contributed by atoms with Crippen LogP contribution in [0.1, 0.15) is 56.0 Å². The van der Waals surface area contributed by atoms with Gasteiger partial charge in [0.05, 0.1) is 6.61 Å². The van der Waals surface area contributed by atoms with Crippen LogP contribution >= 0.6 is 0 Å². The van der Waals surface area contributed by atoms with Crippen molar-refractivity contribution in [1.82, 2.24) is 9.97 Å². The Hall–Kier alpha value is -1.59. The molecule has 0 aliphatic carbocycles. The largest absolute Gasteiger partial charge is 0.462 e. The van der Waals surface area contributed by atoms with Gasteiger partial charge in [0.15, 0.2) is 0 Å². The Labute approximate surface area is 111 Å². The monoisotopic (exact) mass is 272 g/mol. The number of aromatic nitrogens is 2. The lowest BCUT2D eigenvalue weighted by Gasteiger charge is -2.17.